The van der Waals surface area contributed by atoms with E-state index in [0.717, 1.165) is 5.47 Å². The summed E-state index contributed by atoms with van der Waals surface area (Å²) in [7, 11) is -0.231. The van der Waals surface area contributed by atoms with E-state index >= 15 is 0 Å². The fourth-order valence-electron chi connectivity index (χ4n) is 2.45. The largest absolute Gasteiger partial charge is 0.490 e. The van der Waals surface area contributed by atoms with Gasteiger partial charge in [-0.05, 0) is 65.8 Å². The number of allylic oxidation sites excluding steroid dienone is 6. The third-order valence-corrected chi connectivity index (χ3v) is 4.62. The average Bonchev–Trinajstić information content (AvgIpc) is 2.60. The molecular weight excluding hydrogens is 247 g/mol. The Bertz CT molecular complexity index is 428. The molecule has 110 valence electrons. The van der Waals surface area contributed by atoms with Crippen molar-refractivity contribution in [3.8, 4) is 0 Å². The van der Waals surface area contributed by atoms with Crippen molar-refractivity contribution in [1.82, 2.24) is 0 Å². The Morgan fingerprint density at radius 1 is 1.15 bits per heavy atom. The predicted molar refractivity (Wildman–Crippen MR) is 85.5 cm³/mol. The monoisotopic (exact) mass is 274 g/mol. The smallest absolute Gasteiger partial charge is 0.400 e. The maximum atomic E-state index is 6.03. The minimum atomic E-state index is -0.262. The lowest BCUT2D eigenvalue weighted by atomic mass is 9.79. The second kappa shape index (κ2) is 5.91. The molecule has 0 aromatic heterocycles. The highest BCUT2D eigenvalue weighted by molar-refractivity contribution is 6.54. The van der Waals surface area contributed by atoms with Crippen LogP contribution in [0.4, 0.5) is 0 Å². The molecule has 20 heavy (non-hydrogen) atoms. The summed E-state index contributed by atoms with van der Waals surface area (Å²) in [6.07, 6.45) is 13.9. The summed E-state index contributed by atoms with van der Waals surface area (Å²) in [6, 6.07) is 0. The van der Waals surface area contributed by atoms with Crippen LogP contribution in [-0.4, -0.2) is 18.3 Å². The Kier molecular flexibility index (Phi) is 4.60. The highest BCUT2D eigenvalue weighted by Crippen LogP contribution is 2.38. The highest BCUT2D eigenvalue weighted by Gasteiger charge is 2.51. The Labute approximate surface area is 124 Å². The molecule has 0 aromatic rings. The van der Waals surface area contributed by atoms with Crippen molar-refractivity contribution in [2.24, 2.45) is 0 Å². The maximum Gasteiger partial charge on any atom is 0.490 e. The molecule has 0 atom stereocenters. The van der Waals surface area contributed by atoms with Crippen LogP contribution < -0.4 is 0 Å². The van der Waals surface area contributed by atoms with Crippen LogP contribution in [0, 0.1) is 0 Å². The predicted octanol–water partition coefficient (Wildman–Crippen LogP) is 4.62. The highest BCUT2D eigenvalue weighted by atomic mass is 16.7. The maximum absolute atomic E-state index is 6.03. The van der Waals surface area contributed by atoms with Gasteiger partial charge < -0.3 is 9.31 Å². The number of rotatable bonds is 3. The fraction of sp³-hybridized carbons (Fsp3) is 0.647. The Balaban J connectivity index is 1.98. The van der Waals surface area contributed by atoms with E-state index in [0.29, 0.717) is 0 Å². The number of hydrogen-bond acceptors (Lipinski definition) is 2. The Hall–Kier alpha value is -0.795. The molecule has 1 heterocycles. The van der Waals surface area contributed by atoms with Gasteiger partial charge >= 0.3 is 7.12 Å². The van der Waals surface area contributed by atoms with Gasteiger partial charge in [-0.1, -0.05) is 29.9 Å². The SMILES string of the molecule is C/C(=C/C=C/C1=CCCCC1)B1OC(C)(C)C(C)(C)O1. The van der Waals surface area contributed by atoms with Gasteiger partial charge in [0.25, 0.3) is 0 Å². The molecule has 3 heteroatoms. The third-order valence-electron chi connectivity index (χ3n) is 4.62. The fourth-order valence-corrected chi connectivity index (χ4v) is 2.45. The van der Waals surface area contributed by atoms with E-state index in [-0.39, 0.29) is 18.3 Å². The van der Waals surface area contributed by atoms with Crippen molar-refractivity contribution < 1.29 is 9.31 Å². The molecule has 0 N–H and O–H groups in total. The molecular formula is C17H27BO2. The zero-order valence-corrected chi connectivity index (χ0v) is 13.5. The van der Waals surface area contributed by atoms with Crippen LogP contribution in [-0.2, 0) is 9.31 Å². The van der Waals surface area contributed by atoms with Crippen molar-refractivity contribution in [2.75, 3.05) is 0 Å². The van der Waals surface area contributed by atoms with Gasteiger partial charge in [-0.2, -0.15) is 0 Å². The van der Waals surface area contributed by atoms with E-state index in [4.69, 9.17) is 9.31 Å². The molecule has 1 saturated heterocycles. The van der Waals surface area contributed by atoms with Gasteiger partial charge in [-0.3, -0.25) is 0 Å². The van der Waals surface area contributed by atoms with E-state index in [2.05, 4.69) is 58.9 Å². The van der Waals surface area contributed by atoms with Gasteiger partial charge in [0, 0.05) is 0 Å². The topological polar surface area (TPSA) is 18.5 Å². The third kappa shape index (κ3) is 3.45. The van der Waals surface area contributed by atoms with Crippen LogP contribution in [0.3, 0.4) is 0 Å². The molecule has 0 unspecified atom stereocenters. The summed E-state index contributed by atoms with van der Waals surface area (Å²) in [6.45, 7) is 10.4. The normalized spacial score (nSPS) is 26.1. The van der Waals surface area contributed by atoms with Crippen molar-refractivity contribution >= 4 is 7.12 Å². The zero-order valence-electron chi connectivity index (χ0n) is 13.5. The van der Waals surface area contributed by atoms with Gasteiger partial charge in [-0.25, -0.2) is 0 Å². The summed E-state index contributed by atoms with van der Waals surface area (Å²) in [5.41, 5.74) is 2.05. The first-order chi connectivity index (χ1) is 9.32. The van der Waals surface area contributed by atoms with Crippen LogP contribution in [0.25, 0.3) is 0 Å². The van der Waals surface area contributed by atoms with Crippen LogP contribution >= 0.6 is 0 Å². The summed E-state index contributed by atoms with van der Waals surface area (Å²) >= 11 is 0. The quantitative estimate of drug-likeness (QED) is 0.552. The molecule has 2 rings (SSSR count). The molecule has 0 aromatic carbocycles. The molecule has 1 aliphatic heterocycles. The lowest BCUT2D eigenvalue weighted by Gasteiger charge is -2.32. The zero-order chi connectivity index (χ0) is 14.8. The van der Waals surface area contributed by atoms with Gasteiger partial charge in [0.15, 0.2) is 0 Å². The first-order valence-corrected chi connectivity index (χ1v) is 7.71. The summed E-state index contributed by atoms with van der Waals surface area (Å²) < 4.78 is 12.1. The van der Waals surface area contributed by atoms with Crippen LogP contribution in [0.2, 0.25) is 0 Å². The van der Waals surface area contributed by atoms with E-state index in [1.165, 1.54) is 31.3 Å². The summed E-state index contributed by atoms with van der Waals surface area (Å²) in [4.78, 5) is 0. The van der Waals surface area contributed by atoms with Crippen LogP contribution in [0.1, 0.15) is 60.3 Å². The first kappa shape index (κ1) is 15.6. The van der Waals surface area contributed by atoms with Crippen molar-refractivity contribution in [1.29, 1.82) is 0 Å². The second-order valence-corrected chi connectivity index (χ2v) is 6.88. The van der Waals surface area contributed by atoms with Crippen molar-refractivity contribution in [2.45, 2.75) is 71.5 Å². The lowest BCUT2D eigenvalue weighted by molar-refractivity contribution is 0.00578. The van der Waals surface area contributed by atoms with Gasteiger partial charge in [-0.15, -0.1) is 0 Å². The molecule has 1 fully saturated rings. The average molecular weight is 274 g/mol. The van der Waals surface area contributed by atoms with E-state index < -0.39 is 0 Å². The Morgan fingerprint density at radius 2 is 1.80 bits per heavy atom. The standard InChI is InChI=1S/C17H27BO2/c1-14(10-9-13-15-11-7-6-8-12-15)18-19-16(2,3)17(4,5)20-18/h9-11,13H,6-8,12H2,1-5H3/b13-9+,14-10-. The first-order valence-electron chi connectivity index (χ1n) is 7.71. The molecule has 0 saturated carbocycles. The molecule has 2 nitrogen and oxygen atoms in total. The minimum absolute atomic E-state index is 0.231. The Morgan fingerprint density at radius 3 is 2.35 bits per heavy atom. The molecule has 0 radical (unpaired) electrons. The molecule has 1 aliphatic carbocycles. The van der Waals surface area contributed by atoms with Crippen molar-refractivity contribution in [3.63, 3.8) is 0 Å². The molecule has 2 aliphatic rings. The summed E-state index contributed by atoms with van der Waals surface area (Å²) in [5, 5.41) is 0. The van der Waals surface area contributed by atoms with Crippen LogP contribution in [0.5, 0.6) is 0 Å². The van der Waals surface area contributed by atoms with E-state index in [1.54, 1.807) is 0 Å². The number of hydrogen-bond donors (Lipinski definition) is 0. The van der Waals surface area contributed by atoms with Crippen molar-refractivity contribution in [3.05, 3.63) is 35.3 Å². The van der Waals surface area contributed by atoms with Gasteiger partial charge in [0.05, 0.1) is 11.2 Å². The van der Waals surface area contributed by atoms with Crippen LogP contribution in [0.15, 0.2) is 35.3 Å². The molecule has 0 spiro atoms. The molecule has 0 amide bonds. The van der Waals surface area contributed by atoms with E-state index in [9.17, 15) is 0 Å². The molecule has 0 bridgehead atoms. The minimum Gasteiger partial charge on any atom is -0.400 e. The second-order valence-electron chi connectivity index (χ2n) is 6.88. The summed E-state index contributed by atoms with van der Waals surface area (Å²) in [5.74, 6) is 0. The van der Waals surface area contributed by atoms with Gasteiger partial charge in [0.1, 0.15) is 0 Å². The van der Waals surface area contributed by atoms with E-state index in [1.807, 2.05) is 0 Å². The van der Waals surface area contributed by atoms with Gasteiger partial charge in [0.2, 0.25) is 0 Å². The lowest BCUT2D eigenvalue weighted by Crippen LogP contribution is -2.41.